The van der Waals surface area contributed by atoms with Crippen molar-refractivity contribution in [1.29, 1.82) is 0 Å². The number of ether oxygens (including phenoxy) is 1. The second-order valence-electron chi connectivity index (χ2n) is 3.44. The summed E-state index contributed by atoms with van der Waals surface area (Å²) in [5.74, 6) is -0.215. The van der Waals surface area contributed by atoms with Gasteiger partial charge >= 0.3 is 5.97 Å². The molecule has 0 saturated heterocycles. The highest BCUT2D eigenvalue weighted by Gasteiger charge is 2.02. The van der Waals surface area contributed by atoms with E-state index in [1.54, 1.807) is 6.42 Å². The molecule has 1 radical (unpaired) electrons. The predicted octanol–water partition coefficient (Wildman–Crippen LogP) is 3.12. The molecule has 0 fully saturated rings. The van der Waals surface area contributed by atoms with E-state index in [1.165, 1.54) is 0 Å². The van der Waals surface area contributed by atoms with Crippen LogP contribution in [0.1, 0.15) is 31.7 Å². The second-order valence-corrected chi connectivity index (χ2v) is 3.44. The van der Waals surface area contributed by atoms with Crippen LogP contribution < -0.4 is 0 Å². The Morgan fingerprint density at radius 2 is 2.07 bits per heavy atom. The summed E-state index contributed by atoms with van der Waals surface area (Å²) < 4.78 is 5.08. The molecule has 0 aromatic heterocycles. The highest BCUT2D eigenvalue weighted by Crippen LogP contribution is 2.03. The summed E-state index contributed by atoms with van der Waals surface area (Å²) in [7, 11) is 0. The van der Waals surface area contributed by atoms with Gasteiger partial charge < -0.3 is 4.74 Å². The number of unbranched alkanes of at least 4 members (excludes halogenated alkanes) is 2. The van der Waals surface area contributed by atoms with E-state index < -0.39 is 0 Å². The maximum absolute atomic E-state index is 11.2. The van der Waals surface area contributed by atoms with Gasteiger partial charge in [-0.15, -0.1) is 0 Å². The lowest BCUT2D eigenvalue weighted by molar-refractivity contribution is -0.140. The second kappa shape index (κ2) is 7.04. The first kappa shape index (κ1) is 11.8. The van der Waals surface area contributed by atoms with Gasteiger partial charge in [-0.1, -0.05) is 50.1 Å². The largest absolute Gasteiger partial charge is 0.461 e. The maximum atomic E-state index is 11.2. The normalized spacial score (nSPS) is 9.93. The molecule has 0 unspecified atom stereocenters. The van der Waals surface area contributed by atoms with Gasteiger partial charge in [-0.25, -0.2) is 0 Å². The fourth-order valence-corrected chi connectivity index (χ4v) is 1.21. The number of benzene rings is 1. The van der Waals surface area contributed by atoms with E-state index >= 15 is 0 Å². The molecule has 81 valence electrons. The molecule has 0 atom stereocenters. The zero-order chi connectivity index (χ0) is 10.9. The Labute approximate surface area is 91.3 Å². The van der Waals surface area contributed by atoms with Gasteiger partial charge in [0.15, 0.2) is 0 Å². The summed E-state index contributed by atoms with van der Waals surface area (Å²) in [4.78, 5) is 11.2. The Bertz CT molecular complexity index is 280. The molecular weight excluding hydrogens is 188 g/mol. The van der Waals surface area contributed by atoms with Crippen LogP contribution in [0.15, 0.2) is 30.3 Å². The van der Waals surface area contributed by atoms with Gasteiger partial charge in [0.05, 0.1) is 6.42 Å². The molecule has 0 N–H and O–H groups in total. The standard InChI is InChI=1S/C13H17O2/c1-2-3-5-10-13(14)15-11-12-8-6-4-7-9-12/h4,6-10H,2-3,5,11H2,1H3. The van der Waals surface area contributed by atoms with Gasteiger partial charge in [-0.3, -0.25) is 4.79 Å². The fraction of sp³-hybridized carbons (Fsp3) is 0.385. The maximum Gasteiger partial charge on any atom is 0.310 e. The zero-order valence-electron chi connectivity index (χ0n) is 9.11. The van der Waals surface area contributed by atoms with Gasteiger partial charge in [0, 0.05) is 0 Å². The molecule has 0 heterocycles. The van der Waals surface area contributed by atoms with Crippen LogP contribution in [0.3, 0.4) is 0 Å². The molecule has 15 heavy (non-hydrogen) atoms. The summed E-state index contributed by atoms with van der Waals surface area (Å²) >= 11 is 0. The zero-order valence-corrected chi connectivity index (χ0v) is 9.11. The summed E-state index contributed by atoms with van der Waals surface area (Å²) in [5.41, 5.74) is 1.02. The lowest BCUT2D eigenvalue weighted by atomic mass is 10.2. The number of hydrogen-bond acceptors (Lipinski definition) is 2. The average Bonchev–Trinajstić information content (AvgIpc) is 2.28. The van der Waals surface area contributed by atoms with Crippen molar-refractivity contribution in [2.75, 3.05) is 0 Å². The first-order valence-corrected chi connectivity index (χ1v) is 5.37. The van der Waals surface area contributed by atoms with E-state index in [-0.39, 0.29) is 5.97 Å². The van der Waals surface area contributed by atoms with E-state index in [0.29, 0.717) is 6.61 Å². The highest BCUT2D eigenvalue weighted by molar-refractivity contribution is 5.78. The van der Waals surface area contributed by atoms with Crippen LogP contribution in [-0.4, -0.2) is 5.97 Å². The van der Waals surface area contributed by atoms with Crippen LogP contribution in [0.2, 0.25) is 0 Å². The molecule has 2 nitrogen and oxygen atoms in total. The van der Waals surface area contributed by atoms with Crippen LogP contribution in [0.4, 0.5) is 0 Å². The van der Waals surface area contributed by atoms with Crippen molar-refractivity contribution in [3.8, 4) is 0 Å². The lowest BCUT2D eigenvalue weighted by Crippen LogP contribution is -2.04. The third-order valence-electron chi connectivity index (χ3n) is 2.09. The summed E-state index contributed by atoms with van der Waals surface area (Å²) in [6, 6.07) is 9.70. The predicted molar refractivity (Wildman–Crippen MR) is 60.1 cm³/mol. The molecule has 0 saturated carbocycles. The molecule has 0 aliphatic heterocycles. The molecule has 0 bridgehead atoms. The summed E-state index contributed by atoms with van der Waals surface area (Å²) in [6.07, 6.45) is 4.57. The van der Waals surface area contributed by atoms with E-state index in [1.807, 2.05) is 30.3 Å². The number of hydrogen-bond donors (Lipinski definition) is 0. The van der Waals surface area contributed by atoms with Gasteiger partial charge in [0.2, 0.25) is 0 Å². The van der Waals surface area contributed by atoms with Gasteiger partial charge in [0.25, 0.3) is 0 Å². The SMILES string of the molecule is CCCC[CH]C(=O)OCc1ccccc1. The van der Waals surface area contributed by atoms with Crippen molar-refractivity contribution in [2.24, 2.45) is 0 Å². The Balaban J connectivity index is 2.17. The monoisotopic (exact) mass is 205 g/mol. The summed E-state index contributed by atoms with van der Waals surface area (Å²) in [5, 5.41) is 0. The molecule has 1 aromatic rings. The van der Waals surface area contributed by atoms with E-state index in [4.69, 9.17) is 4.74 Å². The van der Waals surface area contributed by atoms with E-state index in [2.05, 4.69) is 6.92 Å². The van der Waals surface area contributed by atoms with Crippen LogP contribution in [0.5, 0.6) is 0 Å². The number of carbonyl (C=O) groups excluding carboxylic acids is 1. The van der Waals surface area contributed by atoms with Crippen LogP contribution >= 0.6 is 0 Å². The third-order valence-corrected chi connectivity index (χ3v) is 2.09. The first-order chi connectivity index (χ1) is 7.33. The van der Waals surface area contributed by atoms with Gasteiger partial charge in [-0.2, -0.15) is 0 Å². The molecule has 0 aliphatic carbocycles. The number of rotatable bonds is 6. The molecule has 2 heteroatoms. The molecule has 0 spiro atoms. The minimum absolute atomic E-state index is 0.215. The van der Waals surface area contributed by atoms with Crippen LogP contribution in [0.25, 0.3) is 0 Å². The smallest absolute Gasteiger partial charge is 0.310 e. The molecule has 1 aromatic carbocycles. The van der Waals surface area contributed by atoms with Gasteiger partial charge in [-0.05, 0) is 12.0 Å². The average molecular weight is 205 g/mol. The molecule has 0 amide bonds. The third kappa shape index (κ3) is 5.21. The highest BCUT2D eigenvalue weighted by atomic mass is 16.5. The first-order valence-electron chi connectivity index (χ1n) is 5.37. The minimum Gasteiger partial charge on any atom is -0.461 e. The molecule has 1 rings (SSSR count). The van der Waals surface area contributed by atoms with Crippen molar-refractivity contribution in [2.45, 2.75) is 32.8 Å². The van der Waals surface area contributed by atoms with Crippen molar-refractivity contribution in [1.82, 2.24) is 0 Å². The van der Waals surface area contributed by atoms with E-state index in [9.17, 15) is 4.79 Å². The van der Waals surface area contributed by atoms with Crippen LogP contribution in [-0.2, 0) is 16.1 Å². The van der Waals surface area contributed by atoms with Crippen molar-refractivity contribution < 1.29 is 9.53 Å². The quantitative estimate of drug-likeness (QED) is 0.527. The van der Waals surface area contributed by atoms with Crippen molar-refractivity contribution in [3.05, 3.63) is 42.3 Å². The Kier molecular flexibility index (Phi) is 5.52. The Morgan fingerprint density at radius 3 is 2.73 bits per heavy atom. The number of esters is 1. The Hall–Kier alpha value is -1.31. The van der Waals surface area contributed by atoms with Gasteiger partial charge in [0.1, 0.15) is 6.61 Å². The minimum atomic E-state index is -0.215. The van der Waals surface area contributed by atoms with Crippen molar-refractivity contribution in [3.63, 3.8) is 0 Å². The summed E-state index contributed by atoms with van der Waals surface area (Å²) in [6.45, 7) is 2.46. The molecular formula is C13H17O2. The van der Waals surface area contributed by atoms with E-state index in [0.717, 1.165) is 24.8 Å². The molecule has 0 aliphatic rings. The lowest BCUT2D eigenvalue weighted by Gasteiger charge is -2.03. The number of carbonyl (C=O) groups is 1. The topological polar surface area (TPSA) is 26.3 Å². The Morgan fingerprint density at radius 1 is 1.33 bits per heavy atom. The fourth-order valence-electron chi connectivity index (χ4n) is 1.21. The van der Waals surface area contributed by atoms with Crippen molar-refractivity contribution >= 4 is 5.97 Å². The van der Waals surface area contributed by atoms with Crippen LogP contribution in [0, 0.1) is 6.42 Å².